The number of carbonyl (C=O) groups excluding carboxylic acids is 3. The second-order valence-electron chi connectivity index (χ2n) is 7.12. The Morgan fingerprint density at radius 2 is 1.93 bits per heavy atom. The minimum atomic E-state index is -0.892. The number of urea groups is 1. The van der Waals surface area contributed by atoms with Gasteiger partial charge >= 0.3 is 6.03 Å². The third-order valence-corrected chi connectivity index (χ3v) is 5.19. The zero-order valence-corrected chi connectivity index (χ0v) is 15.1. The molecule has 9 nitrogen and oxygen atoms in total. The average Bonchev–Trinajstić information content (AvgIpc) is 2.79. The van der Waals surface area contributed by atoms with Gasteiger partial charge in [-0.2, -0.15) is 0 Å². The lowest BCUT2D eigenvalue weighted by atomic mass is 9.90. The summed E-state index contributed by atoms with van der Waals surface area (Å²) in [4.78, 5) is 48.8. The maximum Gasteiger partial charge on any atom is 0.325 e. The van der Waals surface area contributed by atoms with Gasteiger partial charge in [0, 0.05) is 17.3 Å². The predicted octanol–water partition coefficient (Wildman–Crippen LogP) is 2.49. The summed E-state index contributed by atoms with van der Waals surface area (Å²) in [7, 11) is 0. The lowest BCUT2D eigenvalue weighted by Gasteiger charge is -2.24. The van der Waals surface area contributed by atoms with E-state index < -0.39 is 28.9 Å². The van der Waals surface area contributed by atoms with Crippen molar-refractivity contribution in [2.45, 2.75) is 51.0 Å². The molecule has 27 heavy (non-hydrogen) atoms. The van der Waals surface area contributed by atoms with E-state index in [4.69, 9.17) is 0 Å². The van der Waals surface area contributed by atoms with Gasteiger partial charge in [-0.3, -0.25) is 24.6 Å². The molecule has 0 radical (unpaired) electrons. The Balaban J connectivity index is 1.69. The molecule has 1 aromatic carbocycles. The van der Waals surface area contributed by atoms with Crippen LogP contribution in [0.2, 0.25) is 0 Å². The number of nitrogens with zero attached hydrogens (tertiary/aromatic N) is 2. The van der Waals surface area contributed by atoms with E-state index in [1.54, 1.807) is 13.0 Å². The van der Waals surface area contributed by atoms with Gasteiger partial charge in [-0.25, -0.2) is 4.79 Å². The van der Waals surface area contributed by atoms with Gasteiger partial charge < -0.3 is 10.6 Å². The summed E-state index contributed by atoms with van der Waals surface area (Å²) in [6, 6.07) is 3.76. The van der Waals surface area contributed by atoms with Crippen molar-refractivity contribution in [1.29, 1.82) is 0 Å². The van der Waals surface area contributed by atoms with Gasteiger partial charge in [0.2, 0.25) is 5.91 Å². The number of benzene rings is 1. The van der Waals surface area contributed by atoms with E-state index in [1.165, 1.54) is 12.1 Å². The molecule has 1 aliphatic heterocycles. The molecule has 3 rings (SSSR count). The lowest BCUT2D eigenvalue weighted by Crippen LogP contribution is -2.47. The maximum absolute atomic E-state index is 12.8. The molecular weight excluding hydrogens is 352 g/mol. The molecule has 144 valence electrons. The fourth-order valence-corrected chi connectivity index (χ4v) is 3.72. The van der Waals surface area contributed by atoms with Crippen molar-refractivity contribution in [3.8, 4) is 0 Å². The van der Waals surface area contributed by atoms with Crippen LogP contribution in [0.15, 0.2) is 18.2 Å². The maximum atomic E-state index is 12.8. The van der Waals surface area contributed by atoms with Gasteiger partial charge in [-0.05, 0) is 25.8 Å². The van der Waals surface area contributed by atoms with Crippen LogP contribution in [0.4, 0.5) is 16.2 Å². The Hall–Kier alpha value is -2.97. The second kappa shape index (κ2) is 7.34. The zero-order valence-electron chi connectivity index (χ0n) is 15.1. The summed E-state index contributed by atoms with van der Waals surface area (Å²) in [6.45, 7) is 1.18. The lowest BCUT2D eigenvalue weighted by molar-refractivity contribution is -0.385. The SMILES string of the molecule is Cc1ccc(NC(=O)CN2C(=O)NC3(CCCCCC3)C2=O)cc1[N+](=O)[O-]. The highest BCUT2D eigenvalue weighted by Crippen LogP contribution is 2.32. The zero-order chi connectivity index (χ0) is 19.6. The summed E-state index contributed by atoms with van der Waals surface area (Å²) in [5.74, 6) is -0.943. The first-order valence-corrected chi connectivity index (χ1v) is 9.01. The van der Waals surface area contributed by atoms with Crippen LogP contribution >= 0.6 is 0 Å². The van der Waals surface area contributed by atoms with Gasteiger partial charge in [-0.1, -0.05) is 31.7 Å². The largest absolute Gasteiger partial charge is 0.325 e. The third kappa shape index (κ3) is 3.76. The quantitative estimate of drug-likeness (QED) is 0.476. The molecule has 2 aliphatic rings. The first kappa shape index (κ1) is 18.8. The third-order valence-electron chi connectivity index (χ3n) is 5.19. The number of nitro benzene ring substituents is 1. The summed E-state index contributed by atoms with van der Waals surface area (Å²) < 4.78 is 0. The number of amides is 4. The van der Waals surface area contributed by atoms with Gasteiger partial charge in [0.15, 0.2) is 0 Å². The Morgan fingerprint density at radius 1 is 1.26 bits per heavy atom. The van der Waals surface area contributed by atoms with E-state index in [0.717, 1.165) is 30.6 Å². The standard InChI is InChI=1S/C18H22N4O5/c1-12-6-7-13(10-14(12)22(26)27)19-15(23)11-21-16(24)18(20-17(21)25)8-4-2-3-5-9-18/h6-7,10H,2-5,8-9,11H2,1H3,(H,19,23)(H,20,25). The average molecular weight is 374 g/mol. The predicted molar refractivity (Wildman–Crippen MR) is 97.1 cm³/mol. The minimum absolute atomic E-state index is 0.111. The van der Waals surface area contributed by atoms with Crippen LogP contribution in [0.25, 0.3) is 0 Å². The molecule has 2 N–H and O–H groups in total. The monoisotopic (exact) mass is 374 g/mol. The number of hydrogen-bond donors (Lipinski definition) is 2. The van der Waals surface area contributed by atoms with Crippen molar-refractivity contribution in [3.63, 3.8) is 0 Å². The molecule has 1 heterocycles. The van der Waals surface area contributed by atoms with Crippen molar-refractivity contribution in [2.75, 3.05) is 11.9 Å². The fraction of sp³-hybridized carbons (Fsp3) is 0.500. The number of nitrogens with one attached hydrogen (secondary N) is 2. The van der Waals surface area contributed by atoms with Gasteiger partial charge in [0.05, 0.1) is 4.92 Å². The molecule has 1 saturated heterocycles. The molecule has 4 amide bonds. The molecule has 2 fully saturated rings. The highest BCUT2D eigenvalue weighted by Gasteiger charge is 2.51. The first-order valence-electron chi connectivity index (χ1n) is 9.01. The van der Waals surface area contributed by atoms with E-state index in [9.17, 15) is 24.5 Å². The van der Waals surface area contributed by atoms with Crippen molar-refractivity contribution in [1.82, 2.24) is 10.2 Å². The van der Waals surface area contributed by atoms with Crippen LogP contribution < -0.4 is 10.6 Å². The molecular formula is C18H22N4O5. The van der Waals surface area contributed by atoms with Crippen LogP contribution in [0, 0.1) is 17.0 Å². The van der Waals surface area contributed by atoms with Gasteiger partial charge in [0.1, 0.15) is 12.1 Å². The number of carbonyl (C=O) groups is 3. The topological polar surface area (TPSA) is 122 Å². The Kier molecular flexibility index (Phi) is 5.11. The van der Waals surface area contributed by atoms with Crippen LogP contribution in [-0.4, -0.2) is 39.8 Å². The van der Waals surface area contributed by atoms with Crippen LogP contribution in [0.5, 0.6) is 0 Å². The normalized spacial score (nSPS) is 18.9. The number of aryl methyl sites for hydroxylation is 1. The first-order chi connectivity index (χ1) is 12.8. The highest BCUT2D eigenvalue weighted by molar-refractivity contribution is 6.10. The number of imide groups is 1. The van der Waals surface area contributed by atoms with Gasteiger partial charge in [-0.15, -0.1) is 0 Å². The summed E-state index contributed by atoms with van der Waals surface area (Å²) in [6.07, 6.45) is 4.94. The number of hydrogen-bond acceptors (Lipinski definition) is 5. The van der Waals surface area contributed by atoms with E-state index in [2.05, 4.69) is 10.6 Å². The Bertz CT molecular complexity index is 799. The highest BCUT2D eigenvalue weighted by atomic mass is 16.6. The van der Waals surface area contributed by atoms with Gasteiger partial charge in [0.25, 0.3) is 11.6 Å². The molecule has 0 unspecified atom stereocenters. The fourth-order valence-electron chi connectivity index (χ4n) is 3.72. The van der Waals surface area contributed by atoms with E-state index in [-0.39, 0.29) is 17.3 Å². The van der Waals surface area contributed by atoms with Crippen molar-refractivity contribution in [3.05, 3.63) is 33.9 Å². The van der Waals surface area contributed by atoms with Crippen molar-refractivity contribution < 1.29 is 19.3 Å². The number of anilines is 1. The minimum Gasteiger partial charge on any atom is -0.324 e. The van der Waals surface area contributed by atoms with Crippen LogP contribution in [0.3, 0.4) is 0 Å². The summed E-state index contributed by atoms with van der Waals surface area (Å²) >= 11 is 0. The molecule has 0 atom stereocenters. The second-order valence-corrected chi connectivity index (χ2v) is 7.12. The van der Waals surface area contributed by atoms with E-state index in [0.29, 0.717) is 18.4 Å². The van der Waals surface area contributed by atoms with Crippen LogP contribution in [0.1, 0.15) is 44.1 Å². The van der Waals surface area contributed by atoms with Crippen molar-refractivity contribution >= 4 is 29.2 Å². The van der Waals surface area contributed by atoms with E-state index in [1.807, 2.05) is 0 Å². The molecule has 9 heteroatoms. The Labute approximate surface area is 156 Å². The molecule has 1 spiro atoms. The number of rotatable bonds is 4. The summed E-state index contributed by atoms with van der Waals surface area (Å²) in [5, 5.41) is 16.3. The molecule has 1 saturated carbocycles. The van der Waals surface area contributed by atoms with E-state index >= 15 is 0 Å². The Morgan fingerprint density at radius 3 is 2.56 bits per heavy atom. The van der Waals surface area contributed by atoms with Crippen molar-refractivity contribution in [2.24, 2.45) is 0 Å². The molecule has 0 bridgehead atoms. The molecule has 0 aromatic heterocycles. The smallest absolute Gasteiger partial charge is 0.324 e. The van der Waals surface area contributed by atoms with Crippen LogP contribution in [-0.2, 0) is 9.59 Å². The molecule has 1 aromatic rings. The summed E-state index contributed by atoms with van der Waals surface area (Å²) in [5.41, 5.74) is -0.285. The molecule has 1 aliphatic carbocycles. The number of nitro groups is 1.